The van der Waals surface area contributed by atoms with Gasteiger partial charge in [-0.1, -0.05) is 6.92 Å². The largest absolute Gasteiger partial charge is 0.468 e. The first-order chi connectivity index (χ1) is 8.26. The van der Waals surface area contributed by atoms with E-state index >= 15 is 0 Å². The van der Waals surface area contributed by atoms with E-state index in [9.17, 15) is 13.6 Å². The minimum Gasteiger partial charge on any atom is -0.468 e. The molecule has 0 bridgehead atoms. The van der Waals surface area contributed by atoms with Crippen molar-refractivity contribution in [3.8, 4) is 0 Å². The normalized spacial score (nSPS) is 16.7. The number of esters is 1. The molecule has 6 heteroatoms. The fourth-order valence-electron chi connectivity index (χ4n) is 1.99. The van der Waals surface area contributed by atoms with Crippen LogP contribution in [0.25, 0.3) is 0 Å². The van der Waals surface area contributed by atoms with Gasteiger partial charge in [0, 0.05) is 6.04 Å². The van der Waals surface area contributed by atoms with Crippen LogP contribution >= 0.6 is 0 Å². The first-order valence-electron chi connectivity index (χ1n) is 6.08. The summed E-state index contributed by atoms with van der Waals surface area (Å²) in [5.41, 5.74) is -0.848. The molecule has 0 amide bonds. The molecule has 0 aromatic rings. The van der Waals surface area contributed by atoms with Crippen molar-refractivity contribution in [1.29, 1.82) is 0 Å². The van der Waals surface area contributed by atoms with E-state index in [0.717, 1.165) is 0 Å². The minimum atomic E-state index is -2.37. The van der Waals surface area contributed by atoms with Crippen LogP contribution in [-0.4, -0.2) is 56.1 Å². The number of nitrogens with zero attached hydrogens (tertiary/aromatic N) is 1. The molecule has 18 heavy (non-hydrogen) atoms. The van der Waals surface area contributed by atoms with Crippen LogP contribution in [0.5, 0.6) is 0 Å². The van der Waals surface area contributed by atoms with E-state index in [1.807, 2.05) is 13.8 Å². The van der Waals surface area contributed by atoms with Crippen molar-refractivity contribution in [3.05, 3.63) is 0 Å². The summed E-state index contributed by atoms with van der Waals surface area (Å²) in [6.07, 6.45) is -1.96. The summed E-state index contributed by atoms with van der Waals surface area (Å²) in [5.74, 6) is -0.373. The summed E-state index contributed by atoms with van der Waals surface area (Å²) in [6.45, 7) is 5.74. The van der Waals surface area contributed by atoms with Gasteiger partial charge in [0.25, 0.3) is 6.43 Å². The number of hydrogen-bond acceptors (Lipinski definition) is 4. The van der Waals surface area contributed by atoms with Crippen molar-refractivity contribution in [3.63, 3.8) is 0 Å². The van der Waals surface area contributed by atoms with E-state index in [4.69, 9.17) is 4.74 Å². The zero-order chi connectivity index (χ0) is 14.3. The molecule has 4 nitrogen and oxygen atoms in total. The monoisotopic (exact) mass is 266 g/mol. The van der Waals surface area contributed by atoms with E-state index < -0.39 is 12.0 Å². The Labute approximate surface area is 108 Å². The third-order valence-electron chi connectivity index (χ3n) is 3.08. The second kappa shape index (κ2) is 7.63. The molecule has 2 atom stereocenters. The van der Waals surface area contributed by atoms with E-state index in [0.29, 0.717) is 13.0 Å². The lowest BCUT2D eigenvalue weighted by atomic mass is 9.93. The lowest BCUT2D eigenvalue weighted by Crippen LogP contribution is -2.53. The van der Waals surface area contributed by atoms with Crippen molar-refractivity contribution in [1.82, 2.24) is 10.2 Å². The van der Waals surface area contributed by atoms with Gasteiger partial charge in [-0.05, 0) is 33.9 Å². The third kappa shape index (κ3) is 5.27. The highest BCUT2D eigenvalue weighted by Gasteiger charge is 2.36. The molecule has 0 rings (SSSR count). The summed E-state index contributed by atoms with van der Waals surface area (Å²) in [5, 5.41) is 3.06. The molecule has 0 aliphatic carbocycles. The molecule has 2 unspecified atom stereocenters. The Morgan fingerprint density at radius 2 is 2.06 bits per heavy atom. The number of nitrogens with one attached hydrogen (secondary N) is 1. The average molecular weight is 266 g/mol. The molecule has 0 saturated carbocycles. The van der Waals surface area contributed by atoms with Crippen LogP contribution in [0, 0.1) is 0 Å². The van der Waals surface area contributed by atoms with Crippen LogP contribution in [0.4, 0.5) is 8.78 Å². The standard InChI is InChI=1S/C12H24F2N2O2/c1-6-15-12(3,11(17)18-5)7-9(2)16(4)8-10(13)14/h9-10,15H,6-8H2,1-5H3. The lowest BCUT2D eigenvalue weighted by Gasteiger charge is -2.34. The summed E-state index contributed by atoms with van der Waals surface area (Å²) in [6, 6.07) is -0.151. The highest BCUT2D eigenvalue weighted by atomic mass is 19.3. The molecular weight excluding hydrogens is 242 g/mol. The smallest absolute Gasteiger partial charge is 0.325 e. The number of ether oxygens (including phenoxy) is 1. The van der Waals surface area contributed by atoms with Crippen LogP contribution < -0.4 is 5.32 Å². The molecule has 0 aromatic heterocycles. The highest BCUT2D eigenvalue weighted by molar-refractivity contribution is 5.80. The number of carbonyl (C=O) groups is 1. The number of methoxy groups -OCH3 is 1. The van der Waals surface area contributed by atoms with Crippen LogP contribution in [-0.2, 0) is 9.53 Å². The van der Waals surface area contributed by atoms with Gasteiger partial charge in [0.15, 0.2) is 0 Å². The molecular formula is C12H24F2N2O2. The van der Waals surface area contributed by atoms with Crippen molar-refractivity contribution in [2.24, 2.45) is 0 Å². The van der Waals surface area contributed by atoms with Gasteiger partial charge in [-0.2, -0.15) is 0 Å². The number of carbonyl (C=O) groups excluding carboxylic acids is 1. The third-order valence-corrected chi connectivity index (χ3v) is 3.08. The van der Waals surface area contributed by atoms with Crippen LogP contribution in [0.15, 0.2) is 0 Å². The lowest BCUT2D eigenvalue weighted by molar-refractivity contribution is -0.148. The summed E-state index contributed by atoms with van der Waals surface area (Å²) in [7, 11) is 2.95. The van der Waals surface area contributed by atoms with Crippen molar-refractivity contribution in [2.75, 3.05) is 27.2 Å². The van der Waals surface area contributed by atoms with Gasteiger partial charge in [-0.15, -0.1) is 0 Å². The molecule has 0 saturated heterocycles. The molecule has 0 radical (unpaired) electrons. The summed E-state index contributed by atoms with van der Waals surface area (Å²) in [4.78, 5) is 13.3. The molecule has 0 aliphatic rings. The SMILES string of the molecule is CCNC(C)(CC(C)N(C)CC(F)F)C(=O)OC. The topological polar surface area (TPSA) is 41.6 Å². The maximum absolute atomic E-state index is 12.3. The van der Waals surface area contributed by atoms with Crippen LogP contribution in [0.2, 0.25) is 0 Å². The van der Waals surface area contributed by atoms with Crippen LogP contribution in [0.3, 0.4) is 0 Å². The fourth-order valence-corrected chi connectivity index (χ4v) is 1.99. The van der Waals surface area contributed by atoms with Crippen molar-refractivity contribution >= 4 is 5.97 Å². The maximum atomic E-state index is 12.3. The van der Waals surface area contributed by atoms with Gasteiger partial charge < -0.3 is 10.1 Å². The molecule has 108 valence electrons. The van der Waals surface area contributed by atoms with E-state index in [1.165, 1.54) is 7.11 Å². The molecule has 0 aromatic carbocycles. The fraction of sp³-hybridized carbons (Fsp3) is 0.917. The molecule has 0 heterocycles. The maximum Gasteiger partial charge on any atom is 0.325 e. The predicted octanol–water partition coefficient (Wildman–Crippen LogP) is 1.50. The van der Waals surface area contributed by atoms with E-state index in [-0.39, 0.29) is 18.6 Å². The number of alkyl halides is 2. The number of rotatable bonds is 8. The zero-order valence-corrected chi connectivity index (χ0v) is 11.8. The Balaban J connectivity index is 4.62. The highest BCUT2D eigenvalue weighted by Crippen LogP contribution is 2.18. The first kappa shape index (κ1) is 17.2. The Bertz CT molecular complexity index is 264. The Hall–Kier alpha value is -0.750. The van der Waals surface area contributed by atoms with E-state index in [2.05, 4.69) is 5.32 Å². The quantitative estimate of drug-likeness (QED) is 0.676. The second-order valence-corrected chi connectivity index (χ2v) is 4.74. The number of hydrogen-bond donors (Lipinski definition) is 1. The second-order valence-electron chi connectivity index (χ2n) is 4.74. The van der Waals surface area contributed by atoms with Gasteiger partial charge in [0.05, 0.1) is 13.7 Å². The Morgan fingerprint density at radius 3 is 2.44 bits per heavy atom. The number of likely N-dealkylation sites (N-methyl/N-ethyl adjacent to an activating group) is 1. The Kier molecular flexibility index (Phi) is 7.32. The summed E-state index contributed by atoms with van der Waals surface area (Å²) >= 11 is 0. The molecule has 0 fully saturated rings. The molecule has 0 spiro atoms. The van der Waals surface area contributed by atoms with Crippen molar-refractivity contribution < 1.29 is 18.3 Å². The molecule has 1 N–H and O–H groups in total. The van der Waals surface area contributed by atoms with Gasteiger partial charge in [-0.25, -0.2) is 8.78 Å². The zero-order valence-electron chi connectivity index (χ0n) is 11.8. The number of halogens is 2. The minimum absolute atomic E-state index is 0.151. The predicted molar refractivity (Wildman–Crippen MR) is 66.8 cm³/mol. The van der Waals surface area contributed by atoms with Crippen molar-refractivity contribution in [2.45, 2.75) is 45.2 Å². The van der Waals surface area contributed by atoms with Gasteiger partial charge in [0.1, 0.15) is 5.54 Å². The average Bonchev–Trinajstić information content (AvgIpc) is 2.27. The van der Waals surface area contributed by atoms with Crippen LogP contribution in [0.1, 0.15) is 27.2 Å². The summed E-state index contributed by atoms with van der Waals surface area (Å²) < 4.78 is 29.4. The van der Waals surface area contributed by atoms with Gasteiger partial charge in [-0.3, -0.25) is 9.69 Å². The molecule has 0 aliphatic heterocycles. The first-order valence-corrected chi connectivity index (χ1v) is 6.08. The van der Waals surface area contributed by atoms with Gasteiger partial charge in [0.2, 0.25) is 0 Å². The van der Waals surface area contributed by atoms with Gasteiger partial charge >= 0.3 is 5.97 Å². The van der Waals surface area contributed by atoms with E-state index in [1.54, 1.807) is 18.9 Å². The Morgan fingerprint density at radius 1 is 1.50 bits per heavy atom.